The molecule has 0 spiro atoms. The minimum absolute atomic E-state index is 0.0411. The number of carbonyl (C=O) groups is 2. The van der Waals surface area contributed by atoms with Gasteiger partial charge in [-0.05, 0) is 18.2 Å². The average Bonchev–Trinajstić information content (AvgIpc) is 2.58. The fourth-order valence-corrected chi connectivity index (χ4v) is 3.42. The highest BCUT2D eigenvalue weighted by molar-refractivity contribution is 7.85. The van der Waals surface area contributed by atoms with Gasteiger partial charge in [0.15, 0.2) is 0 Å². The molecule has 0 saturated heterocycles. The van der Waals surface area contributed by atoms with Crippen molar-refractivity contribution < 1.29 is 18.5 Å². The van der Waals surface area contributed by atoms with Crippen LogP contribution in [0.1, 0.15) is 22.8 Å². The first-order chi connectivity index (χ1) is 11.0. The van der Waals surface area contributed by atoms with Crippen LogP contribution in [-0.2, 0) is 26.9 Å². The fourth-order valence-electron chi connectivity index (χ4n) is 2.05. The summed E-state index contributed by atoms with van der Waals surface area (Å²) in [5, 5.41) is 2.54. The van der Waals surface area contributed by atoms with Gasteiger partial charge in [0.25, 0.3) is 5.91 Å². The van der Waals surface area contributed by atoms with E-state index in [9.17, 15) is 13.8 Å². The summed E-state index contributed by atoms with van der Waals surface area (Å²) < 4.78 is 17.9. The summed E-state index contributed by atoms with van der Waals surface area (Å²) in [6.45, 7) is 1.36. The van der Waals surface area contributed by atoms with Crippen molar-refractivity contribution in [1.29, 1.82) is 0 Å². The molecule has 0 aliphatic carbocycles. The molecule has 0 bridgehead atoms. The maximum absolute atomic E-state index is 12.9. The van der Waals surface area contributed by atoms with E-state index in [1.807, 2.05) is 0 Å². The van der Waals surface area contributed by atoms with E-state index >= 15 is 0 Å². The molecular formula is C17H17NO4S. The van der Waals surface area contributed by atoms with Crippen LogP contribution in [0, 0.1) is 0 Å². The van der Waals surface area contributed by atoms with Crippen LogP contribution >= 0.6 is 0 Å². The van der Waals surface area contributed by atoms with Crippen LogP contribution in [0.15, 0.2) is 58.3 Å². The lowest BCUT2D eigenvalue weighted by Crippen LogP contribution is -2.20. The number of ether oxygens (including phenoxy) is 1. The molecule has 1 N–H and O–H groups in total. The molecule has 120 valence electrons. The van der Waals surface area contributed by atoms with Crippen molar-refractivity contribution in [1.82, 2.24) is 5.32 Å². The molecule has 2 aromatic carbocycles. The van der Waals surface area contributed by atoms with Crippen molar-refractivity contribution in [2.75, 3.05) is 7.05 Å². The largest absolute Gasteiger partial charge is 0.461 e. The number of benzene rings is 2. The van der Waals surface area contributed by atoms with Crippen LogP contribution < -0.4 is 5.32 Å². The van der Waals surface area contributed by atoms with E-state index in [1.165, 1.54) is 14.0 Å². The summed E-state index contributed by atoms with van der Waals surface area (Å²) in [6, 6.07) is 13.7. The lowest BCUT2D eigenvalue weighted by molar-refractivity contribution is -0.142. The van der Waals surface area contributed by atoms with E-state index in [0.717, 1.165) is 0 Å². The minimum Gasteiger partial charge on any atom is -0.461 e. The van der Waals surface area contributed by atoms with Gasteiger partial charge in [0.05, 0.1) is 26.2 Å². The van der Waals surface area contributed by atoms with Crippen molar-refractivity contribution in [2.24, 2.45) is 0 Å². The summed E-state index contributed by atoms with van der Waals surface area (Å²) in [5.41, 5.74) is 1.00. The van der Waals surface area contributed by atoms with E-state index in [1.54, 1.807) is 48.5 Å². The van der Waals surface area contributed by atoms with Gasteiger partial charge in [-0.3, -0.25) is 9.59 Å². The first-order valence-electron chi connectivity index (χ1n) is 6.98. The maximum atomic E-state index is 12.9. The van der Waals surface area contributed by atoms with Crippen molar-refractivity contribution >= 4 is 22.7 Å². The van der Waals surface area contributed by atoms with Crippen LogP contribution in [0.3, 0.4) is 0 Å². The third-order valence-corrected chi connectivity index (χ3v) is 4.71. The summed E-state index contributed by atoms with van der Waals surface area (Å²) >= 11 is 0. The molecule has 0 fully saturated rings. The molecule has 0 aliphatic heterocycles. The standard InChI is InChI=1S/C17H17NO4S/c1-12(19)22-11-13-7-3-5-9-15(13)23(21)16-10-6-4-8-14(16)17(20)18-2/h3-10H,11H2,1-2H3,(H,18,20)/t23-/m1/s1. The van der Waals surface area contributed by atoms with E-state index in [2.05, 4.69) is 5.32 Å². The minimum atomic E-state index is -1.56. The molecule has 0 radical (unpaired) electrons. The Morgan fingerprint density at radius 3 is 2.30 bits per heavy atom. The van der Waals surface area contributed by atoms with E-state index in [0.29, 0.717) is 20.9 Å². The summed E-state index contributed by atoms with van der Waals surface area (Å²) in [6.07, 6.45) is 0. The second kappa shape index (κ2) is 7.69. The molecule has 2 rings (SSSR count). The van der Waals surface area contributed by atoms with Crippen LogP contribution in [0.2, 0.25) is 0 Å². The Balaban J connectivity index is 2.42. The molecule has 23 heavy (non-hydrogen) atoms. The summed E-state index contributed by atoms with van der Waals surface area (Å²) in [7, 11) is -0.0344. The number of carbonyl (C=O) groups excluding carboxylic acids is 2. The number of nitrogens with one attached hydrogen (secondary N) is 1. The Kier molecular flexibility index (Phi) is 5.65. The molecule has 0 heterocycles. The zero-order valence-electron chi connectivity index (χ0n) is 12.9. The van der Waals surface area contributed by atoms with Crippen molar-refractivity contribution in [3.05, 3.63) is 59.7 Å². The van der Waals surface area contributed by atoms with E-state index in [-0.39, 0.29) is 12.5 Å². The van der Waals surface area contributed by atoms with Gasteiger partial charge in [-0.2, -0.15) is 0 Å². The topological polar surface area (TPSA) is 72.5 Å². The second-order valence-electron chi connectivity index (χ2n) is 4.73. The molecule has 5 nitrogen and oxygen atoms in total. The Bertz CT molecular complexity index is 758. The van der Waals surface area contributed by atoms with Crippen molar-refractivity contribution in [3.63, 3.8) is 0 Å². The van der Waals surface area contributed by atoms with Crippen LogP contribution in [0.5, 0.6) is 0 Å². The first kappa shape index (κ1) is 16.9. The van der Waals surface area contributed by atoms with Gasteiger partial charge in [0.2, 0.25) is 0 Å². The number of amides is 1. The summed E-state index contributed by atoms with van der Waals surface area (Å²) in [5.74, 6) is -0.706. The third kappa shape index (κ3) is 4.04. The number of hydrogen-bond donors (Lipinski definition) is 1. The van der Waals surface area contributed by atoms with Gasteiger partial charge in [-0.15, -0.1) is 0 Å². The molecule has 0 aliphatic rings. The monoisotopic (exact) mass is 331 g/mol. The highest BCUT2D eigenvalue weighted by Gasteiger charge is 2.18. The van der Waals surface area contributed by atoms with E-state index in [4.69, 9.17) is 4.74 Å². The zero-order chi connectivity index (χ0) is 16.8. The summed E-state index contributed by atoms with van der Waals surface area (Å²) in [4.78, 5) is 23.9. The Hall–Kier alpha value is -2.47. The maximum Gasteiger partial charge on any atom is 0.302 e. The Labute approximate surface area is 137 Å². The number of esters is 1. The lowest BCUT2D eigenvalue weighted by Gasteiger charge is -2.12. The average molecular weight is 331 g/mol. The number of rotatable bonds is 5. The van der Waals surface area contributed by atoms with Gasteiger partial charge in [0, 0.05) is 19.5 Å². The molecule has 0 saturated carbocycles. The second-order valence-corrected chi connectivity index (χ2v) is 6.15. The van der Waals surface area contributed by atoms with Gasteiger partial charge in [-0.1, -0.05) is 30.3 Å². The van der Waals surface area contributed by atoms with Crippen molar-refractivity contribution in [3.8, 4) is 0 Å². The normalized spacial score (nSPS) is 11.6. The van der Waals surface area contributed by atoms with Gasteiger partial charge < -0.3 is 10.1 Å². The molecule has 1 atom stereocenters. The fraction of sp³-hybridized carbons (Fsp3) is 0.176. The Morgan fingerprint density at radius 2 is 1.65 bits per heavy atom. The van der Waals surface area contributed by atoms with Crippen LogP contribution in [0.25, 0.3) is 0 Å². The molecule has 0 unspecified atom stereocenters. The zero-order valence-corrected chi connectivity index (χ0v) is 13.7. The predicted molar refractivity (Wildman–Crippen MR) is 86.4 cm³/mol. The predicted octanol–water partition coefficient (Wildman–Crippen LogP) is 2.28. The highest BCUT2D eigenvalue weighted by atomic mass is 32.2. The SMILES string of the molecule is CNC(=O)c1ccccc1[S@](=O)c1ccccc1COC(C)=O. The van der Waals surface area contributed by atoms with Crippen LogP contribution in [0.4, 0.5) is 0 Å². The number of hydrogen-bond acceptors (Lipinski definition) is 4. The highest BCUT2D eigenvalue weighted by Crippen LogP contribution is 2.23. The smallest absolute Gasteiger partial charge is 0.302 e. The van der Waals surface area contributed by atoms with Crippen LogP contribution in [-0.4, -0.2) is 23.1 Å². The third-order valence-electron chi connectivity index (χ3n) is 3.16. The van der Waals surface area contributed by atoms with Gasteiger partial charge >= 0.3 is 5.97 Å². The van der Waals surface area contributed by atoms with Crippen molar-refractivity contribution in [2.45, 2.75) is 23.3 Å². The lowest BCUT2D eigenvalue weighted by atomic mass is 10.2. The molecule has 6 heteroatoms. The quantitative estimate of drug-likeness (QED) is 0.853. The molecule has 1 amide bonds. The molecule has 2 aromatic rings. The first-order valence-corrected chi connectivity index (χ1v) is 8.13. The molecule has 0 aromatic heterocycles. The Morgan fingerprint density at radius 1 is 1.04 bits per heavy atom. The van der Waals surface area contributed by atoms with E-state index < -0.39 is 16.8 Å². The van der Waals surface area contributed by atoms with Gasteiger partial charge in [-0.25, -0.2) is 4.21 Å². The van der Waals surface area contributed by atoms with Gasteiger partial charge in [0.1, 0.15) is 6.61 Å². The molecular weight excluding hydrogens is 314 g/mol.